The molecule has 2 N–H and O–H groups in total. The van der Waals surface area contributed by atoms with Gasteiger partial charge < -0.3 is 9.52 Å². The van der Waals surface area contributed by atoms with Crippen molar-refractivity contribution in [3.05, 3.63) is 78.6 Å². The van der Waals surface area contributed by atoms with E-state index in [9.17, 15) is 13.5 Å². The Labute approximate surface area is 140 Å². The van der Waals surface area contributed by atoms with Crippen LogP contribution in [0.3, 0.4) is 0 Å². The molecule has 0 bridgehead atoms. The molecule has 1 atom stereocenters. The van der Waals surface area contributed by atoms with Gasteiger partial charge in [0.2, 0.25) is 10.0 Å². The number of benzene rings is 2. The average molecular weight is 343 g/mol. The minimum absolute atomic E-state index is 0.0999. The standard InChI is InChI=1S/C18H17NO4S/c20-17(13-19-24(21,22)16-5-2-1-3-6-16)14-8-10-15(11-9-14)18-7-4-12-23-18/h1-12,17,19-20H,13H2. The second-order valence-corrected chi connectivity index (χ2v) is 7.05. The molecule has 0 saturated heterocycles. The Balaban J connectivity index is 1.66. The van der Waals surface area contributed by atoms with E-state index in [4.69, 9.17) is 4.42 Å². The molecule has 124 valence electrons. The molecule has 1 unspecified atom stereocenters. The summed E-state index contributed by atoms with van der Waals surface area (Å²) in [7, 11) is -3.63. The molecule has 0 aliphatic heterocycles. The minimum atomic E-state index is -3.63. The molecule has 2 aromatic carbocycles. The molecule has 0 amide bonds. The molecular formula is C18H17NO4S. The quantitative estimate of drug-likeness (QED) is 0.721. The third-order valence-corrected chi connectivity index (χ3v) is 5.06. The van der Waals surface area contributed by atoms with E-state index in [0.717, 1.165) is 11.3 Å². The van der Waals surface area contributed by atoms with E-state index in [1.165, 1.54) is 12.1 Å². The zero-order chi connectivity index (χ0) is 17.0. The van der Waals surface area contributed by atoms with E-state index in [2.05, 4.69) is 4.72 Å². The molecule has 0 spiro atoms. The highest BCUT2D eigenvalue weighted by atomic mass is 32.2. The van der Waals surface area contributed by atoms with Crippen LogP contribution in [0.25, 0.3) is 11.3 Å². The van der Waals surface area contributed by atoms with Gasteiger partial charge in [-0.1, -0.05) is 42.5 Å². The van der Waals surface area contributed by atoms with Crippen molar-refractivity contribution in [3.8, 4) is 11.3 Å². The first-order valence-electron chi connectivity index (χ1n) is 7.43. The number of aliphatic hydroxyl groups is 1. The van der Waals surface area contributed by atoms with Crippen LogP contribution >= 0.6 is 0 Å². The number of hydrogen-bond donors (Lipinski definition) is 2. The number of hydrogen-bond acceptors (Lipinski definition) is 4. The molecule has 3 aromatic rings. The van der Waals surface area contributed by atoms with Crippen molar-refractivity contribution in [1.29, 1.82) is 0 Å². The van der Waals surface area contributed by atoms with E-state index in [1.807, 2.05) is 18.2 Å². The van der Waals surface area contributed by atoms with Gasteiger partial charge >= 0.3 is 0 Å². The molecule has 1 aromatic heterocycles. The second-order valence-electron chi connectivity index (χ2n) is 5.28. The van der Waals surface area contributed by atoms with Crippen LogP contribution in [0.15, 0.2) is 82.3 Å². The van der Waals surface area contributed by atoms with Gasteiger partial charge in [0.25, 0.3) is 0 Å². The van der Waals surface area contributed by atoms with Crippen LogP contribution in [0.2, 0.25) is 0 Å². The highest BCUT2D eigenvalue weighted by Crippen LogP contribution is 2.22. The van der Waals surface area contributed by atoms with Crippen molar-refractivity contribution in [2.75, 3.05) is 6.54 Å². The maximum atomic E-state index is 12.1. The molecule has 0 aliphatic carbocycles. The molecular weight excluding hydrogens is 326 g/mol. The molecule has 24 heavy (non-hydrogen) atoms. The summed E-state index contributed by atoms with van der Waals surface area (Å²) in [6.07, 6.45) is 0.658. The van der Waals surface area contributed by atoms with Crippen molar-refractivity contribution in [2.45, 2.75) is 11.0 Å². The first-order chi connectivity index (χ1) is 11.6. The Hall–Kier alpha value is -2.41. The molecule has 0 saturated carbocycles. The number of nitrogens with one attached hydrogen (secondary N) is 1. The fourth-order valence-electron chi connectivity index (χ4n) is 2.30. The lowest BCUT2D eigenvalue weighted by Crippen LogP contribution is -2.28. The van der Waals surface area contributed by atoms with Gasteiger partial charge in [-0.3, -0.25) is 0 Å². The monoisotopic (exact) mass is 343 g/mol. The van der Waals surface area contributed by atoms with Gasteiger partial charge in [-0.25, -0.2) is 13.1 Å². The Morgan fingerprint density at radius 3 is 2.29 bits per heavy atom. The van der Waals surface area contributed by atoms with Gasteiger partial charge in [0.05, 0.1) is 17.3 Å². The average Bonchev–Trinajstić information content (AvgIpc) is 3.15. The Morgan fingerprint density at radius 1 is 0.958 bits per heavy atom. The smallest absolute Gasteiger partial charge is 0.240 e. The first kappa shape index (κ1) is 16.4. The van der Waals surface area contributed by atoms with Crippen molar-refractivity contribution in [2.24, 2.45) is 0 Å². The Kier molecular flexibility index (Phi) is 4.80. The summed E-state index contributed by atoms with van der Waals surface area (Å²) in [5, 5.41) is 10.2. The van der Waals surface area contributed by atoms with E-state index in [0.29, 0.717) is 5.56 Å². The van der Waals surface area contributed by atoms with Crippen molar-refractivity contribution < 1.29 is 17.9 Å². The van der Waals surface area contributed by atoms with Crippen LogP contribution in [0, 0.1) is 0 Å². The minimum Gasteiger partial charge on any atom is -0.464 e. The maximum absolute atomic E-state index is 12.1. The lowest BCUT2D eigenvalue weighted by Gasteiger charge is -2.13. The third-order valence-electron chi connectivity index (χ3n) is 3.62. The molecule has 6 heteroatoms. The van der Waals surface area contributed by atoms with E-state index >= 15 is 0 Å². The second kappa shape index (κ2) is 7.00. The van der Waals surface area contributed by atoms with Gasteiger partial charge in [0, 0.05) is 12.1 Å². The number of furan rings is 1. The number of aliphatic hydroxyl groups excluding tert-OH is 1. The van der Waals surface area contributed by atoms with Gasteiger partial charge in [-0.05, 0) is 29.8 Å². The largest absolute Gasteiger partial charge is 0.464 e. The van der Waals surface area contributed by atoms with E-state index in [-0.39, 0.29) is 11.4 Å². The number of rotatable bonds is 6. The van der Waals surface area contributed by atoms with Crippen LogP contribution in [0.5, 0.6) is 0 Å². The summed E-state index contributed by atoms with van der Waals surface area (Å²) in [5.41, 5.74) is 1.52. The maximum Gasteiger partial charge on any atom is 0.240 e. The lowest BCUT2D eigenvalue weighted by molar-refractivity contribution is 0.182. The fourth-order valence-corrected chi connectivity index (χ4v) is 3.36. The first-order valence-corrected chi connectivity index (χ1v) is 8.91. The molecule has 0 aliphatic rings. The number of sulfonamides is 1. The summed E-state index contributed by atoms with van der Waals surface area (Å²) >= 11 is 0. The van der Waals surface area contributed by atoms with Crippen LogP contribution in [-0.4, -0.2) is 20.1 Å². The molecule has 3 rings (SSSR count). The normalized spacial score (nSPS) is 12.9. The van der Waals surface area contributed by atoms with Crippen molar-refractivity contribution in [3.63, 3.8) is 0 Å². The summed E-state index contributed by atoms with van der Waals surface area (Å²) in [6.45, 7) is -0.0999. The van der Waals surface area contributed by atoms with Crippen molar-refractivity contribution >= 4 is 10.0 Å². The molecule has 0 radical (unpaired) electrons. The topological polar surface area (TPSA) is 79.5 Å². The summed E-state index contributed by atoms with van der Waals surface area (Å²) in [6, 6.07) is 18.9. The Bertz CT molecular complexity index is 873. The summed E-state index contributed by atoms with van der Waals surface area (Å²) in [4.78, 5) is 0.172. The van der Waals surface area contributed by atoms with Crippen LogP contribution in [0.1, 0.15) is 11.7 Å². The van der Waals surface area contributed by atoms with Gasteiger partial charge in [-0.2, -0.15) is 0 Å². The van der Waals surface area contributed by atoms with Gasteiger partial charge in [-0.15, -0.1) is 0 Å². The van der Waals surface area contributed by atoms with E-state index < -0.39 is 16.1 Å². The van der Waals surface area contributed by atoms with Gasteiger partial charge in [0.1, 0.15) is 5.76 Å². The lowest BCUT2D eigenvalue weighted by atomic mass is 10.1. The fraction of sp³-hybridized carbons (Fsp3) is 0.111. The van der Waals surface area contributed by atoms with Crippen molar-refractivity contribution in [1.82, 2.24) is 4.72 Å². The highest BCUT2D eigenvalue weighted by Gasteiger charge is 2.16. The summed E-state index contributed by atoms with van der Waals surface area (Å²) < 4.78 is 32.0. The van der Waals surface area contributed by atoms with Crippen LogP contribution < -0.4 is 4.72 Å². The van der Waals surface area contributed by atoms with Gasteiger partial charge in [0.15, 0.2) is 0 Å². The zero-order valence-corrected chi connectivity index (χ0v) is 13.6. The third kappa shape index (κ3) is 3.73. The molecule has 1 heterocycles. The molecule has 0 fully saturated rings. The predicted molar refractivity (Wildman–Crippen MR) is 90.7 cm³/mol. The highest BCUT2D eigenvalue weighted by molar-refractivity contribution is 7.89. The SMILES string of the molecule is O=S(=O)(NCC(O)c1ccc(-c2ccco2)cc1)c1ccccc1. The summed E-state index contributed by atoms with van der Waals surface area (Å²) in [5.74, 6) is 0.737. The van der Waals surface area contributed by atoms with Crippen LogP contribution in [0.4, 0.5) is 0 Å². The Morgan fingerprint density at radius 2 is 1.67 bits per heavy atom. The molecule has 5 nitrogen and oxygen atoms in total. The zero-order valence-electron chi connectivity index (χ0n) is 12.8. The predicted octanol–water partition coefficient (Wildman–Crippen LogP) is 2.96. The van der Waals surface area contributed by atoms with Crippen LogP contribution in [-0.2, 0) is 10.0 Å². The van der Waals surface area contributed by atoms with E-state index in [1.54, 1.807) is 42.7 Å².